The Balaban J connectivity index is 1.77. The van der Waals surface area contributed by atoms with Crippen molar-refractivity contribution in [3.05, 3.63) is 98.3 Å². The maximum atomic E-state index is 15.0. The van der Waals surface area contributed by atoms with Crippen molar-refractivity contribution < 1.29 is 42.3 Å². The minimum absolute atomic E-state index is 0.000482. The van der Waals surface area contributed by atoms with Gasteiger partial charge in [0.2, 0.25) is 0 Å². The number of ether oxygens (including phenoxy) is 3. The summed E-state index contributed by atoms with van der Waals surface area (Å²) in [4.78, 5) is 21.8. The number of benzene rings is 4. The first-order valence-electron chi connectivity index (χ1n) is 13.2. The number of nitro benzene ring substituents is 2. The van der Waals surface area contributed by atoms with Crippen molar-refractivity contribution in [3.8, 4) is 28.7 Å². The lowest BCUT2D eigenvalue weighted by Gasteiger charge is -2.16. The average Bonchev–Trinajstić information content (AvgIpc) is 2.93. The molecule has 0 amide bonds. The quantitative estimate of drug-likeness (QED) is 0.115. The largest absolute Gasteiger partial charge is 0.507 e. The predicted molar refractivity (Wildman–Crippen MR) is 160 cm³/mol. The second-order valence-electron chi connectivity index (χ2n) is 9.87. The molecule has 0 radical (unpaired) electrons. The number of rotatable bonds is 12. The zero-order chi connectivity index (χ0) is 33.0. The van der Waals surface area contributed by atoms with Crippen molar-refractivity contribution in [1.29, 1.82) is 0 Å². The van der Waals surface area contributed by atoms with Crippen LogP contribution >= 0.6 is 23.5 Å². The van der Waals surface area contributed by atoms with Gasteiger partial charge in [-0.1, -0.05) is 23.5 Å². The van der Waals surface area contributed by atoms with Crippen molar-refractivity contribution in [1.82, 2.24) is 0 Å². The zero-order valence-corrected chi connectivity index (χ0v) is 25.7. The zero-order valence-electron chi connectivity index (χ0n) is 24.1. The fourth-order valence-corrected chi connectivity index (χ4v) is 5.85. The number of aromatic hydroxyl groups is 1. The lowest BCUT2D eigenvalue weighted by atomic mass is 10.2. The number of hydrogen-bond donors (Lipinski definition) is 1. The van der Waals surface area contributed by atoms with Crippen LogP contribution in [0.2, 0.25) is 0 Å². The van der Waals surface area contributed by atoms with E-state index in [1.165, 1.54) is 18.2 Å². The number of nitro groups is 2. The van der Waals surface area contributed by atoms with Gasteiger partial charge >= 0.3 is 0 Å². The Kier molecular flexibility index (Phi) is 10.3. The molecule has 0 fully saturated rings. The molecule has 0 aromatic heterocycles. The van der Waals surface area contributed by atoms with Gasteiger partial charge in [0.25, 0.3) is 11.4 Å². The second kappa shape index (κ2) is 14.0. The molecule has 10 nitrogen and oxygen atoms in total. The lowest BCUT2D eigenvalue weighted by molar-refractivity contribution is -0.387. The molecule has 1 N–H and O–H groups in total. The van der Waals surface area contributed by atoms with E-state index in [0.29, 0.717) is 23.5 Å². The highest BCUT2D eigenvalue weighted by molar-refractivity contribution is 7.99. The molecule has 45 heavy (non-hydrogen) atoms. The van der Waals surface area contributed by atoms with Gasteiger partial charge in [0.05, 0.1) is 41.6 Å². The number of halogens is 3. The molecule has 0 unspecified atom stereocenters. The molecular formula is C30H25F3N2O8S2. The van der Waals surface area contributed by atoms with Gasteiger partial charge in [-0.3, -0.25) is 20.2 Å². The molecule has 0 atom stereocenters. The molecule has 4 rings (SSSR count). The van der Waals surface area contributed by atoms with Crippen LogP contribution in [0.15, 0.2) is 80.2 Å². The minimum atomic E-state index is -0.819. The third-order valence-electron chi connectivity index (χ3n) is 5.65. The van der Waals surface area contributed by atoms with Gasteiger partial charge in [0.1, 0.15) is 23.1 Å². The fourth-order valence-electron chi connectivity index (χ4n) is 3.85. The Morgan fingerprint density at radius 1 is 0.667 bits per heavy atom. The van der Waals surface area contributed by atoms with Gasteiger partial charge < -0.3 is 19.3 Å². The molecule has 0 saturated heterocycles. The van der Waals surface area contributed by atoms with Crippen molar-refractivity contribution in [2.24, 2.45) is 0 Å². The third-order valence-corrected chi connectivity index (χ3v) is 7.83. The SMILES string of the molecule is CC(C)Oc1cc(O)c(Sc2cc(Oc3cc(OC(C)C)c(F)cc3Sc3cc(F)ccc3[N+](=O)[O-])ccc2[N+](=O)[O-])cc1F. The molecule has 0 aliphatic carbocycles. The van der Waals surface area contributed by atoms with E-state index in [4.69, 9.17) is 14.2 Å². The number of nitrogens with zero attached hydrogens (tertiary/aromatic N) is 2. The summed E-state index contributed by atoms with van der Waals surface area (Å²) in [5, 5.41) is 33.9. The van der Waals surface area contributed by atoms with Gasteiger partial charge in [0, 0.05) is 30.3 Å². The minimum Gasteiger partial charge on any atom is -0.507 e. The molecule has 0 heterocycles. The van der Waals surface area contributed by atoms with E-state index in [-0.39, 0.29) is 60.1 Å². The van der Waals surface area contributed by atoms with Crippen LogP contribution in [0.5, 0.6) is 28.7 Å². The molecule has 0 bridgehead atoms. The Bertz CT molecular complexity index is 1770. The van der Waals surface area contributed by atoms with Crippen molar-refractivity contribution in [2.45, 2.75) is 59.5 Å². The average molecular weight is 663 g/mol. The van der Waals surface area contributed by atoms with Gasteiger partial charge in [-0.15, -0.1) is 0 Å². The monoisotopic (exact) mass is 662 g/mol. The highest BCUT2D eigenvalue weighted by atomic mass is 32.2. The summed E-state index contributed by atoms with van der Waals surface area (Å²) in [6.45, 7) is 6.68. The Morgan fingerprint density at radius 3 is 1.76 bits per heavy atom. The number of phenols is 1. The number of phenolic OH excluding ortho intramolecular Hbond substituents is 1. The first kappa shape index (κ1) is 33.3. The van der Waals surface area contributed by atoms with E-state index in [0.717, 1.165) is 42.5 Å². The smallest absolute Gasteiger partial charge is 0.283 e. The highest BCUT2D eigenvalue weighted by Crippen LogP contribution is 2.46. The lowest BCUT2D eigenvalue weighted by Crippen LogP contribution is -2.07. The summed E-state index contributed by atoms with van der Waals surface area (Å²) in [5.74, 6) is -3.23. The summed E-state index contributed by atoms with van der Waals surface area (Å²) in [6.07, 6.45) is -0.816. The van der Waals surface area contributed by atoms with Crippen LogP contribution in [0.1, 0.15) is 27.7 Å². The summed E-state index contributed by atoms with van der Waals surface area (Å²) < 4.78 is 60.6. The molecule has 0 spiro atoms. The van der Waals surface area contributed by atoms with Gasteiger partial charge in [0.15, 0.2) is 23.1 Å². The van der Waals surface area contributed by atoms with Crippen LogP contribution in [0.3, 0.4) is 0 Å². The van der Waals surface area contributed by atoms with E-state index in [1.54, 1.807) is 27.7 Å². The van der Waals surface area contributed by atoms with Crippen molar-refractivity contribution >= 4 is 34.9 Å². The van der Waals surface area contributed by atoms with Crippen LogP contribution in [0.25, 0.3) is 0 Å². The summed E-state index contributed by atoms with van der Waals surface area (Å²) in [6, 6.07) is 10.7. The summed E-state index contributed by atoms with van der Waals surface area (Å²) >= 11 is 1.36. The van der Waals surface area contributed by atoms with Crippen molar-refractivity contribution in [2.75, 3.05) is 0 Å². The molecule has 236 valence electrons. The first-order chi connectivity index (χ1) is 21.2. The topological polar surface area (TPSA) is 134 Å². The molecule has 4 aromatic carbocycles. The van der Waals surface area contributed by atoms with E-state index in [1.807, 2.05) is 0 Å². The maximum Gasteiger partial charge on any atom is 0.283 e. The van der Waals surface area contributed by atoms with Gasteiger partial charge in [-0.05, 0) is 58.0 Å². The van der Waals surface area contributed by atoms with Gasteiger partial charge in [-0.2, -0.15) is 0 Å². The maximum absolute atomic E-state index is 15.0. The Labute approximate surface area is 263 Å². The number of hydrogen-bond acceptors (Lipinski definition) is 10. The van der Waals surface area contributed by atoms with Crippen LogP contribution < -0.4 is 14.2 Å². The summed E-state index contributed by atoms with van der Waals surface area (Å²) in [7, 11) is 0. The van der Waals surface area contributed by atoms with Crippen LogP contribution in [-0.2, 0) is 0 Å². The molecule has 0 aliphatic heterocycles. The van der Waals surface area contributed by atoms with E-state index >= 15 is 4.39 Å². The Morgan fingerprint density at radius 2 is 1.18 bits per heavy atom. The van der Waals surface area contributed by atoms with Gasteiger partial charge in [-0.25, -0.2) is 13.2 Å². The molecular weight excluding hydrogens is 637 g/mol. The van der Waals surface area contributed by atoms with Crippen LogP contribution in [0, 0.1) is 37.7 Å². The molecule has 0 saturated carbocycles. The summed E-state index contributed by atoms with van der Waals surface area (Å²) in [5.41, 5.74) is -0.816. The highest BCUT2D eigenvalue weighted by Gasteiger charge is 2.23. The van der Waals surface area contributed by atoms with Crippen LogP contribution in [-0.4, -0.2) is 27.2 Å². The predicted octanol–water partition coefficient (Wildman–Crippen LogP) is 9.29. The van der Waals surface area contributed by atoms with Crippen molar-refractivity contribution in [3.63, 3.8) is 0 Å². The normalized spacial score (nSPS) is 11.1. The van der Waals surface area contributed by atoms with E-state index in [2.05, 4.69) is 0 Å². The van der Waals surface area contributed by atoms with Crippen LogP contribution in [0.4, 0.5) is 24.5 Å². The molecule has 0 aliphatic rings. The molecule has 4 aromatic rings. The molecule has 15 heteroatoms. The third kappa shape index (κ3) is 8.30. The standard InChI is InChI=1S/C30H25F3N2O8S2/c1-15(2)41-24-13-23(36)29(11-19(24)32)44-28-10-18(6-8-22(28)35(39)40)43-26-14-25(42-16(3)4)20(33)12-30(26)45-27-9-17(31)5-7-21(27)34(37)38/h5-16,36H,1-4H3. The second-order valence-corrected chi connectivity index (χ2v) is 12.0. The van der Waals surface area contributed by atoms with E-state index < -0.39 is 39.1 Å². The Hall–Kier alpha value is -4.63. The van der Waals surface area contributed by atoms with E-state index in [9.17, 15) is 34.1 Å². The fraction of sp³-hybridized carbons (Fsp3) is 0.200. The first-order valence-corrected chi connectivity index (χ1v) is 14.8.